The first-order valence-corrected chi connectivity index (χ1v) is 7.16. The van der Waals surface area contributed by atoms with Gasteiger partial charge < -0.3 is 15.2 Å². The number of amides is 1. The summed E-state index contributed by atoms with van der Waals surface area (Å²) in [6, 6.07) is 9.66. The van der Waals surface area contributed by atoms with Crippen LogP contribution in [0, 0.1) is 5.92 Å². The normalized spacial score (nSPS) is 13.4. The third kappa shape index (κ3) is 6.90. The first-order valence-electron chi connectivity index (χ1n) is 7.16. The van der Waals surface area contributed by atoms with Crippen molar-refractivity contribution in [3.05, 3.63) is 35.9 Å². The van der Waals surface area contributed by atoms with Crippen molar-refractivity contribution in [2.24, 2.45) is 5.92 Å². The van der Waals surface area contributed by atoms with Crippen LogP contribution < -0.4 is 5.32 Å². The van der Waals surface area contributed by atoms with Crippen molar-refractivity contribution in [3.63, 3.8) is 0 Å². The Morgan fingerprint density at radius 3 is 2.52 bits per heavy atom. The lowest BCUT2D eigenvalue weighted by Gasteiger charge is -2.14. The van der Waals surface area contributed by atoms with E-state index in [9.17, 15) is 9.59 Å². The minimum atomic E-state index is -0.805. The number of nitrogens with one attached hydrogen (secondary N) is 1. The van der Waals surface area contributed by atoms with Gasteiger partial charge >= 0.3 is 5.97 Å². The van der Waals surface area contributed by atoms with Crippen molar-refractivity contribution in [1.29, 1.82) is 0 Å². The van der Waals surface area contributed by atoms with Gasteiger partial charge in [0.15, 0.2) is 0 Å². The summed E-state index contributed by atoms with van der Waals surface area (Å²) in [5, 5.41) is 11.5. The van der Waals surface area contributed by atoms with Crippen molar-refractivity contribution in [2.45, 2.75) is 39.4 Å². The van der Waals surface area contributed by atoms with Crippen LogP contribution in [0.15, 0.2) is 30.3 Å². The van der Waals surface area contributed by atoms with E-state index in [2.05, 4.69) is 5.32 Å². The van der Waals surface area contributed by atoms with Crippen LogP contribution in [-0.4, -0.2) is 29.6 Å². The molecule has 0 saturated heterocycles. The molecule has 21 heavy (non-hydrogen) atoms. The molecule has 1 aromatic carbocycles. The fourth-order valence-electron chi connectivity index (χ4n) is 1.76. The highest BCUT2D eigenvalue weighted by molar-refractivity contribution is 5.80. The highest BCUT2D eigenvalue weighted by Crippen LogP contribution is 2.05. The van der Waals surface area contributed by atoms with Gasteiger partial charge in [0, 0.05) is 6.54 Å². The van der Waals surface area contributed by atoms with E-state index in [1.807, 2.05) is 30.3 Å². The molecule has 0 heterocycles. The van der Waals surface area contributed by atoms with Gasteiger partial charge in [-0.05, 0) is 25.3 Å². The Labute approximate surface area is 125 Å². The van der Waals surface area contributed by atoms with Gasteiger partial charge in [0.2, 0.25) is 5.91 Å². The Morgan fingerprint density at radius 1 is 1.24 bits per heavy atom. The highest BCUT2D eigenvalue weighted by atomic mass is 16.5. The third-order valence-corrected chi connectivity index (χ3v) is 3.25. The number of benzene rings is 1. The summed E-state index contributed by atoms with van der Waals surface area (Å²) in [6.07, 6.45) is 0.668. The number of rotatable bonds is 9. The van der Waals surface area contributed by atoms with E-state index in [0.717, 1.165) is 5.56 Å². The molecule has 2 N–H and O–H groups in total. The summed E-state index contributed by atoms with van der Waals surface area (Å²) in [7, 11) is 0. The van der Waals surface area contributed by atoms with E-state index >= 15 is 0 Å². The molecule has 5 nitrogen and oxygen atoms in total. The molecule has 0 radical (unpaired) electrons. The van der Waals surface area contributed by atoms with Gasteiger partial charge in [-0.2, -0.15) is 0 Å². The number of ether oxygens (including phenoxy) is 1. The van der Waals surface area contributed by atoms with Gasteiger partial charge in [-0.25, -0.2) is 0 Å². The van der Waals surface area contributed by atoms with Crippen LogP contribution in [0.4, 0.5) is 0 Å². The molecule has 1 amide bonds. The molecule has 116 valence electrons. The zero-order valence-electron chi connectivity index (χ0n) is 12.5. The van der Waals surface area contributed by atoms with E-state index < -0.39 is 12.1 Å². The monoisotopic (exact) mass is 293 g/mol. The standard InChI is InChI=1S/C16H23NO4/c1-12(16(19)20)7-6-10-17-15(18)13(2)21-11-14-8-4-3-5-9-14/h3-5,8-9,12-13H,6-7,10-11H2,1-2H3,(H,17,18)(H,19,20). The number of carboxylic acid groups (broad SMARTS) is 1. The molecule has 1 aromatic rings. The average molecular weight is 293 g/mol. The van der Waals surface area contributed by atoms with Gasteiger partial charge in [-0.15, -0.1) is 0 Å². The summed E-state index contributed by atoms with van der Waals surface area (Å²) in [6.45, 7) is 4.23. The quantitative estimate of drug-likeness (QED) is 0.684. The number of hydrogen-bond donors (Lipinski definition) is 2. The zero-order valence-corrected chi connectivity index (χ0v) is 12.5. The van der Waals surface area contributed by atoms with Crippen LogP contribution in [0.1, 0.15) is 32.3 Å². The first-order chi connectivity index (χ1) is 10.0. The average Bonchev–Trinajstić information content (AvgIpc) is 2.49. The lowest BCUT2D eigenvalue weighted by atomic mass is 10.1. The Balaban J connectivity index is 2.18. The second-order valence-corrected chi connectivity index (χ2v) is 5.11. The zero-order chi connectivity index (χ0) is 15.7. The van der Waals surface area contributed by atoms with E-state index in [0.29, 0.717) is 26.0 Å². The van der Waals surface area contributed by atoms with Crippen LogP contribution >= 0.6 is 0 Å². The van der Waals surface area contributed by atoms with Gasteiger partial charge in [0.05, 0.1) is 12.5 Å². The van der Waals surface area contributed by atoms with Gasteiger partial charge in [-0.1, -0.05) is 37.3 Å². The lowest BCUT2D eigenvalue weighted by molar-refractivity contribution is -0.141. The van der Waals surface area contributed by atoms with Crippen molar-refractivity contribution in [2.75, 3.05) is 6.54 Å². The maximum Gasteiger partial charge on any atom is 0.306 e. The van der Waals surface area contributed by atoms with E-state index in [1.165, 1.54) is 0 Å². The van der Waals surface area contributed by atoms with Gasteiger partial charge in [-0.3, -0.25) is 9.59 Å². The molecule has 2 unspecified atom stereocenters. The smallest absolute Gasteiger partial charge is 0.306 e. The molecule has 0 saturated carbocycles. The molecular weight excluding hydrogens is 270 g/mol. The summed E-state index contributed by atoms with van der Waals surface area (Å²) in [5.41, 5.74) is 1.02. The highest BCUT2D eigenvalue weighted by Gasteiger charge is 2.14. The summed E-state index contributed by atoms with van der Waals surface area (Å²) in [4.78, 5) is 22.4. The molecule has 0 aliphatic rings. The Kier molecular flexibility index (Phi) is 7.46. The number of carbonyl (C=O) groups excluding carboxylic acids is 1. The third-order valence-electron chi connectivity index (χ3n) is 3.25. The van der Waals surface area contributed by atoms with Gasteiger partial charge in [0.1, 0.15) is 6.10 Å². The fraction of sp³-hybridized carbons (Fsp3) is 0.500. The second kappa shape index (κ2) is 9.13. The minimum absolute atomic E-state index is 0.172. The van der Waals surface area contributed by atoms with Crippen LogP contribution in [0.5, 0.6) is 0 Å². The molecule has 0 bridgehead atoms. The molecule has 0 spiro atoms. The maximum absolute atomic E-state index is 11.8. The first kappa shape index (κ1) is 17.2. The van der Waals surface area contributed by atoms with Crippen LogP contribution in [-0.2, 0) is 20.9 Å². The van der Waals surface area contributed by atoms with Crippen LogP contribution in [0.3, 0.4) is 0 Å². The number of carbonyl (C=O) groups is 2. The largest absolute Gasteiger partial charge is 0.481 e. The van der Waals surface area contributed by atoms with Crippen molar-refractivity contribution < 1.29 is 19.4 Å². The second-order valence-electron chi connectivity index (χ2n) is 5.11. The molecule has 0 aromatic heterocycles. The predicted molar refractivity (Wildman–Crippen MR) is 79.7 cm³/mol. The topological polar surface area (TPSA) is 75.6 Å². The summed E-state index contributed by atoms with van der Waals surface area (Å²) >= 11 is 0. The number of hydrogen-bond acceptors (Lipinski definition) is 3. The lowest BCUT2D eigenvalue weighted by Crippen LogP contribution is -2.35. The molecule has 0 aliphatic heterocycles. The predicted octanol–water partition coefficient (Wildman–Crippen LogP) is 2.21. The van der Waals surface area contributed by atoms with Crippen molar-refractivity contribution in [1.82, 2.24) is 5.32 Å². The van der Waals surface area contributed by atoms with Crippen molar-refractivity contribution >= 4 is 11.9 Å². The molecular formula is C16H23NO4. The summed E-state index contributed by atoms with van der Waals surface area (Å²) in [5.74, 6) is -1.36. The number of carboxylic acids is 1. The van der Waals surface area contributed by atoms with E-state index in [1.54, 1.807) is 13.8 Å². The number of aliphatic carboxylic acids is 1. The van der Waals surface area contributed by atoms with Crippen LogP contribution in [0.25, 0.3) is 0 Å². The van der Waals surface area contributed by atoms with Gasteiger partial charge in [0.25, 0.3) is 0 Å². The Hall–Kier alpha value is -1.88. The van der Waals surface area contributed by atoms with E-state index in [4.69, 9.17) is 9.84 Å². The van der Waals surface area contributed by atoms with E-state index in [-0.39, 0.29) is 11.8 Å². The maximum atomic E-state index is 11.8. The molecule has 5 heteroatoms. The Bertz CT molecular complexity index is 447. The summed E-state index contributed by atoms with van der Waals surface area (Å²) < 4.78 is 5.50. The molecule has 1 rings (SSSR count). The fourth-order valence-corrected chi connectivity index (χ4v) is 1.76. The molecule has 2 atom stereocenters. The SMILES string of the molecule is CC(CCCNC(=O)C(C)OCc1ccccc1)C(=O)O. The van der Waals surface area contributed by atoms with Crippen molar-refractivity contribution in [3.8, 4) is 0 Å². The molecule has 0 aliphatic carbocycles. The molecule has 0 fully saturated rings. The van der Waals surface area contributed by atoms with Crippen LogP contribution in [0.2, 0.25) is 0 Å². The Morgan fingerprint density at radius 2 is 1.90 bits per heavy atom. The minimum Gasteiger partial charge on any atom is -0.481 e.